The molecule has 1 N–H and O–H groups in total. The van der Waals surface area contributed by atoms with E-state index in [1.807, 2.05) is 13.0 Å². The number of phenols is 1. The molecule has 0 heterocycles. The number of rotatable bonds is 3. The fraction of sp³-hybridized carbons (Fsp3) is 0.0714. The van der Waals surface area contributed by atoms with Gasteiger partial charge < -0.3 is 5.11 Å². The Morgan fingerprint density at radius 1 is 1.30 bits per heavy atom. The van der Waals surface area contributed by atoms with Gasteiger partial charge in [0.2, 0.25) is 0 Å². The number of hydrogen-bond donors (Lipinski definition) is 1. The Morgan fingerprint density at radius 3 is 2.70 bits per heavy atom. The summed E-state index contributed by atoms with van der Waals surface area (Å²) in [5.74, 6) is 0.0767. The average molecular weight is 335 g/mol. The monoisotopic (exact) mass is 334 g/mol. The van der Waals surface area contributed by atoms with Gasteiger partial charge >= 0.3 is 0 Å². The van der Waals surface area contributed by atoms with Crippen LogP contribution < -0.4 is 0 Å². The molecule has 0 bridgehead atoms. The van der Waals surface area contributed by atoms with Crippen molar-refractivity contribution in [2.75, 3.05) is 0 Å². The third-order valence-electron chi connectivity index (χ3n) is 2.65. The number of phenolic OH excluding ortho intramolecular Hbond substituents is 1. The number of aromatic hydroxyl groups is 1. The Morgan fingerprint density at radius 2 is 2.05 bits per heavy atom. The Labute approximate surface area is 123 Å². The van der Waals surface area contributed by atoms with Gasteiger partial charge in [-0.15, -0.1) is 0 Å². The second-order valence-electron chi connectivity index (χ2n) is 4.22. The number of hydrogen-bond acceptors (Lipinski definition) is 4. The van der Waals surface area contributed by atoms with E-state index in [0.29, 0.717) is 15.7 Å². The van der Waals surface area contributed by atoms with Crippen LogP contribution in [0.2, 0.25) is 0 Å². The summed E-state index contributed by atoms with van der Waals surface area (Å²) in [4.78, 5) is 14.5. The predicted octanol–water partition coefficient (Wildman–Crippen LogP) is 4.12. The highest BCUT2D eigenvalue weighted by atomic mass is 79.9. The first-order chi connectivity index (χ1) is 9.47. The zero-order valence-electron chi connectivity index (χ0n) is 10.6. The zero-order chi connectivity index (χ0) is 14.7. The van der Waals surface area contributed by atoms with Crippen molar-refractivity contribution in [3.05, 3.63) is 62.1 Å². The van der Waals surface area contributed by atoms with Crippen LogP contribution in [0, 0.1) is 17.0 Å². The molecule has 0 aliphatic heterocycles. The number of aliphatic imine (C=N–C) groups is 1. The van der Waals surface area contributed by atoms with Gasteiger partial charge in [0, 0.05) is 12.3 Å². The number of nitro benzene ring substituents is 1. The van der Waals surface area contributed by atoms with Crippen LogP contribution >= 0.6 is 15.9 Å². The average Bonchev–Trinajstić information content (AvgIpc) is 2.39. The largest absolute Gasteiger partial charge is 0.506 e. The third-order valence-corrected chi connectivity index (χ3v) is 3.32. The van der Waals surface area contributed by atoms with Crippen LogP contribution in [0.25, 0.3) is 0 Å². The fourth-order valence-corrected chi connectivity index (χ4v) is 2.03. The Bertz CT molecular complexity index is 699. The van der Waals surface area contributed by atoms with Gasteiger partial charge in [-0.05, 0) is 52.2 Å². The summed E-state index contributed by atoms with van der Waals surface area (Å²) in [6.45, 7) is 1.87. The lowest BCUT2D eigenvalue weighted by molar-refractivity contribution is -0.385. The molecular weight excluding hydrogens is 324 g/mol. The van der Waals surface area contributed by atoms with Gasteiger partial charge in [0.05, 0.1) is 9.40 Å². The molecule has 0 amide bonds. The van der Waals surface area contributed by atoms with Gasteiger partial charge in [0.15, 0.2) is 0 Å². The Balaban J connectivity index is 2.32. The minimum atomic E-state index is -0.467. The second kappa shape index (κ2) is 5.83. The van der Waals surface area contributed by atoms with E-state index in [1.165, 1.54) is 12.3 Å². The summed E-state index contributed by atoms with van der Waals surface area (Å²) in [7, 11) is 0. The maximum Gasteiger partial charge on any atom is 0.284 e. The predicted molar refractivity (Wildman–Crippen MR) is 80.9 cm³/mol. The van der Waals surface area contributed by atoms with Gasteiger partial charge in [-0.3, -0.25) is 15.1 Å². The Kier molecular flexibility index (Phi) is 4.14. The van der Waals surface area contributed by atoms with Crippen LogP contribution in [0.4, 0.5) is 11.4 Å². The highest BCUT2D eigenvalue weighted by Crippen LogP contribution is 2.28. The number of benzene rings is 2. The lowest BCUT2D eigenvalue weighted by Crippen LogP contribution is -1.91. The first kappa shape index (κ1) is 14.2. The molecule has 0 radical (unpaired) electrons. The molecule has 0 saturated carbocycles. The molecule has 0 atom stereocenters. The topological polar surface area (TPSA) is 75.7 Å². The van der Waals surface area contributed by atoms with E-state index in [0.717, 1.165) is 5.56 Å². The van der Waals surface area contributed by atoms with Crippen LogP contribution in [-0.2, 0) is 0 Å². The molecular formula is C14H11BrN2O3. The van der Waals surface area contributed by atoms with E-state index < -0.39 is 4.92 Å². The van der Waals surface area contributed by atoms with Gasteiger partial charge in [0.1, 0.15) is 11.4 Å². The standard InChI is InChI=1S/C14H11BrN2O3/c1-9-2-5-12(14(18)6-9)16-8-10-3-4-11(15)13(7-10)17(19)20/h2-8,18H,1H3. The summed E-state index contributed by atoms with van der Waals surface area (Å²) >= 11 is 3.12. The number of nitro groups is 1. The molecule has 0 fully saturated rings. The number of halogens is 1. The lowest BCUT2D eigenvalue weighted by atomic mass is 10.2. The summed E-state index contributed by atoms with van der Waals surface area (Å²) < 4.78 is 0.415. The van der Waals surface area contributed by atoms with Crippen LogP contribution in [0.1, 0.15) is 11.1 Å². The van der Waals surface area contributed by atoms with Gasteiger partial charge in [-0.25, -0.2) is 0 Å². The lowest BCUT2D eigenvalue weighted by Gasteiger charge is -2.00. The normalized spacial score (nSPS) is 10.9. The maximum absolute atomic E-state index is 10.8. The first-order valence-corrected chi connectivity index (χ1v) is 6.54. The van der Waals surface area contributed by atoms with Gasteiger partial charge in [-0.2, -0.15) is 0 Å². The van der Waals surface area contributed by atoms with Crippen molar-refractivity contribution in [3.8, 4) is 5.75 Å². The highest BCUT2D eigenvalue weighted by molar-refractivity contribution is 9.10. The number of nitrogens with zero attached hydrogens (tertiary/aromatic N) is 2. The summed E-state index contributed by atoms with van der Waals surface area (Å²) in [5, 5.41) is 20.6. The molecule has 0 spiro atoms. The van der Waals surface area contributed by atoms with E-state index in [2.05, 4.69) is 20.9 Å². The van der Waals surface area contributed by atoms with Gasteiger partial charge in [-0.1, -0.05) is 12.1 Å². The Hall–Kier alpha value is -2.21. The molecule has 102 valence electrons. The molecule has 20 heavy (non-hydrogen) atoms. The SMILES string of the molecule is Cc1ccc(N=Cc2ccc(Br)c([N+](=O)[O-])c2)c(O)c1. The first-order valence-electron chi connectivity index (χ1n) is 5.75. The smallest absolute Gasteiger partial charge is 0.284 e. The maximum atomic E-state index is 10.8. The molecule has 2 aromatic carbocycles. The summed E-state index contributed by atoms with van der Waals surface area (Å²) in [5.41, 5.74) is 1.91. The summed E-state index contributed by atoms with van der Waals surface area (Å²) in [6.07, 6.45) is 1.48. The van der Waals surface area contributed by atoms with E-state index in [9.17, 15) is 15.2 Å². The van der Waals surface area contributed by atoms with Crippen molar-refractivity contribution < 1.29 is 10.0 Å². The molecule has 0 aliphatic rings. The molecule has 0 aromatic heterocycles. The van der Waals surface area contributed by atoms with Crippen molar-refractivity contribution >= 4 is 33.5 Å². The summed E-state index contributed by atoms with van der Waals surface area (Å²) in [6, 6.07) is 9.83. The van der Waals surface area contributed by atoms with Crippen molar-refractivity contribution in [1.82, 2.24) is 0 Å². The molecule has 2 rings (SSSR count). The minimum Gasteiger partial charge on any atom is -0.506 e. The minimum absolute atomic E-state index is 0.0259. The van der Waals surface area contributed by atoms with Crippen molar-refractivity contribution in [2.45, 2.75) is 6.92 Å². The van der Waals surface area contributed by atoms with E-state index in [1.54, 1.807) is 24.3 Å². The van der Waals surface area contributed by atoms with Crippen molar-refractivity contribution in [3.63, 3.8) is 0 Å². The second-order valence-corrected chi connectivity index (χ2v) is 5.07. The fourth-order valence-electron chi connectivity index (χ4n) is 1.64. The third kappa shape index (κ3) is 3.21. The molecule has 0 unspecified atom stereocenters. The molecule has 6 heteroatoms. The van der Waals surface area contributed by atoms with E-state index in [-0.39, 0.29) is 11.4 Å². The van der Waals surface area contributed by atoms with Crippen LogP contribution in [0.3, 0.4) is 0 Å². The molecule has 5 nitrogen and oxygen atoms in total. The van der Waals surface area contributed by atoms with Crippen molar-refractivity contribution in [2.24, 2.45) is 4.99 Å². The van der Waals surface area contributed by atoms with Crippen LogP contribution in [-0.4, -0.2) is 16.2 Å². The van der Waals surface area contributed by atoms with Crippen molar-refractivity contribution in [1.29, 1.82) is 0 Å². The van der Waals surface area contributed by atoms with E-state index >= 15 is 0 Å². The molecule has 0 saturated heterocycles. The highest BCUT2D eigenvalue weighted by Gasteiger charge is 2.11. The number of aryl methyl sites for hydroxylation is 1. The quantitative estimate of drug-likeness (QED) is 0.521. The molecule has 0 aliphatic carbocycles. The van der Waals surface area contributed by atoms with Crippen LogP contribution in [0.5, 0.6) is 5.75 Å². The zero-order valence-corrected chi connectivity index (χ0v) is 12.2. The van der Waals surface area contributed by atoms with Gasteiger partial charge in [0.25, 0.3) is 5.69 Å². The van der Waals surface area contributed by atoms with Crippen LogP contribution in [0.15, 0.2) is 45.9 Å². The van der Waals surface area contributed by atoms with E-state index in [4.69, 9.17) is 0 Å². The molecule has 2 aromatic rings.